The summed E-state index contributed by atoms with van der Waals surface area (Å²) in [6.07, 6.45) is 0.745. The number of furan rings is 1. The molecule has 1 aromatic heterocycles. The fourth-order valence-corrected chi connectivity index (χ4v) is 2.24. The lowest BCUT2D eigenvalue weighted by Gasteiger charge is -2.20. The summed E-state index contributed by atoms with van der Waals surface area (Å²) >= 11 is 3.18. The normalized spacial score (nSPS) is 10.5. The van der Waals surface area contributed by atoms with Gasteiger partial charge in [-0.05, 0) is 40.0 Å². The molecule has 1 N–H and O–H groups in total. The Morgan fingerprint density at radius 2 is 1.90 bits per heavy atom. The molecule has 20 heavy (non-hydrogen) atoms. The Hall–Kier alpha value is -1.59. The molecule has 0 unspecified atom stereocenters. The lowest BCUT2D eigenvalue weighted by Crippen LogP contribution is -2.35. The van der Waals surface area contributed by atoms with E-state index in [-0.39, 0.29) is 18.3 Å². The molecule has 0 aliphatic carbocycles. The molecule has 4 nitrogen and oxygen atoms in total. The van der Waals surface area contributed by atoms with Crippen LogP contribution in [0.2, 0.25) is 0 Å². The molecule has 0 spiro atoms. The number of rotatable bonds is 6. The molecule has 0 aliphatic rings. The van der Waals surface area contributed by atoms with Gasteiger partial charge in [-0.1, -0.05) is 30.3 Å². The molecule has 0 fully saturated rings. The van der Waals surface area contributed by atoms with Gasteiger partial charge >= 0.3 is 0 Å². The van der Waals surface area contributed by atoms with Crippen molar-refractivity contribution in [2.45, 2.75) is 6.42 Å². The molecule has 1 heterocycles. The van der Waals surface area contributed by atoms with Gasteiger partial charge in [0.25, 0.3) is 5.91 Å². The third-order valence-corrected chi connectivity index (χ3v) is 3.38. The van der Waals surface area contributed by atoms with E-state index in [1.54, 1.807) is 17.0 Å². The summed E-state index contributed by atoms with van der Waals surface area (Å²) < 4.78 is 5.79. The molecule has 1 aromatic carbocycles. The second kappa shape index (κ2) is 7.26. The topological polar surface area (TPSA) is 53.7 Å². The van der Waals surface area contributed by atoms with Crippen LogP contribution in [0.25, 0.3) is 0 Å². The van der Waals surface area contributed by atoms with Crippen LogP contribution in [0.1, 0.15) is 16.1 Å². The van der Waals surface area contributed by atoms with Crippen LogP contribution in [0.4, 0.5) is 0 Å². The summed E-state index contributed by atoms with van der Waals surface area (Å²) in [6, 6.07) is 13.2. The minimum atomic E-state index is -0.208. The number of amides is 1. The minimum Gasteiger partial charge on any atom is -0.444 e. The molecule has 5 heteroatoms. The highest BCUT2D eigenvalue weighted by Crippen LogP contribution is 2.16. The number of benzene rings is 1. The molecule has 0 aliphatic heterocycles. The second-order valence-electron chi connectivity index (χ2n) is 4.36. The molecule has 0 saturated carbocycles. The van der Waals surface area contributed by atoms with Crippen molar-refractivity contribution in [1.29, 1.82) is 0 Å². The van der Waals surface area contributed by atoms with Crippen LogP contribution in [0.15, 0.2) is 51.6 Å². The molecule has 0 bridgehead atoms. The Balaban J connectivity index is 2.01. The number of hydrogen-bond donors (Lipinski definition) is 1. The van der Waals surface area contributed by atoms with Crippen molar-refractivity contribution in [2.24, 2.45) is 0 Å². The van der Waals surface area contributed by atoms with Crippen molar-refractivity contribution in [1.82, 2.24) is 4.90 Å². The lowest BCUT2D eigenvalue weighted by molar-refractivity contribution is 0.0691. The average Bonchev–Trinajstić information content (AvgIpc) is 2.90. The third-order valence-electron chi connectivity index (χ3n) is 2.95. The fraction of sp³-hybridized carbons (Fsp3) is 0.267. The van der Waals surface area contributed by atoms with Crippen LogP contribution >= 0.6 is 15.9 Å². The maximum absolute atomic E-state index is 12.3. The summed E-state index contributed by atoms with van der Waals surface area (Å²) in [5.74, 6) is 0.0686. The number of hydrogen-bond acceptors (Lipinski definition) is 3. The summed E-state index contributed by atoms with van der Waals surface area (Å²) in [6.45, 7) is 0.772. The standard InChI is InChI=1S/C15H16BrNO3/c16-14-7-6-13(20-14)15(19)17(10-11-18)9-8-12-4-2-1-3-5-12/h1-7,18H,8-11H2. The summed E-state index contributed by atoms with van der Waals surface area (Å²) in [5.41, 5.74) is 1.16. The second-order valence-corrected chi connectivity index (χ2v) is 5.14. The van der Waals surface area contributed by atoms with E-state index >= 15 is 0 Å². The number of carbonyl (C=O) groups excluding carboxylic acids is 1. The van der Waals surface area contributed by atoms with Crippen LogP contribution in [0.3, 0.4) is 0 Å². The monoisotopic (exact) mass is 337 g/mol. The third kappa shape index (κ3) is 3.95. The van der Waals surface area contributed by atoms with Crippen LogP contribution in [0, 0.1) is 0 Å². The van der Waals surface area contributed by atoms with Crippen molar-refractivity contribution in [3.8, 4) is 0 Å². The van der Waals surface area contributed by atoms with Crippen molar-refractivity contribution >= 4 is 21.8 Å². The van der Waals surface area contributed by atoms with E-state index in [1.165, 1.54) is 0 Å². The molecular weight excluding hydrogens is 322 g/mol. The zero-order valence-electron chi connectivity index (χ0n) is 11.0. The first kappa shape index (κ1) is 14.8. The van der Waals surface area contributed by atoms with E-state index in [1.807, 2.05) is 30.3 Å². The molecule has 0 saturated heterocycles. The van der Waals surface area contributed by atoms with Gasteiger partial charge in [-0.3, -0.25) is 4.79 Å². The molecular formula is C15H16BrNO3. The molecule has 0 atom stereocenters. The van der Waals surface area contributed by atoms with Gasteiger partial charge in [0, 0.05) is 13.1 Å². The van der Waals surface area contributed by atoms with Gasteiger partial charge in [-0.15, -0.1) is 0 Å². The highest BCUT2D eigenvalue weighted by Gasteiger charge is 2.18. The highest BCUT2D eigenvalue weighted by molar-refractivity contribution is 9.10. The van der Waals surface area contributed by atoms with Crippen LogP contribution in [-0.4, -0.2) is 35.6 Å². The first-order chi connectivity index (χ1) is 9.70. The predicted molar refractivity (Wildman–Crippen MR) is 79.5 cm³/mol. The van der Waals surface area contributed by atoms with E-state index in [0.717, 1.165) is 12.0 Å². The van der Waals surface area contributed by atoms with Crippen molar-refractivity contribution in [2.75, 3.05) is 19.7 Å². The maximum Gasteiger partial charge on any atom is 0.289 e. The van der Waals surface area contributed by atoms with E-state index in [2.05, 4.69) is 15.9 Å². The zero-order chi connectivity index (χ0) is 14.4. The summed E-state index contributed by atoms with van der Waals surface area (Å²) in [4.78, 5) is 13.9. The van der Waals surface area contributed by atoms with Crippen molar-refractivity contribution in [3.05, 3.63) is 58.5 Å². The van der Waals surface area contributed by atoms with E-state index in [0.29, 0.717) is 17.8 Å². The van der Waals surface area contributed by atoms with Crippen LogP contribution in [-0.2, 0) is 6.42 Å². The van der Waals surface area contributed by atoms with Crippen molar-refractivity contribution < 1.29 is 14.3 Å². The number of nitrogens with zero attached hydrogens (tertiary/aromatic N) is 1. The van der Waals surface area contributed by atoms with E-state index < -0.39 is 0 Å². The number of aliphatic hydroxyl groups is 1. The smallest absolute Gasteiger partial charge is 0.289 e. The van der Waals surface area contributed by atoms with Gasteiger partial charge < -0.3 is 14.4 Å². The average molecular weight is 338 g/mol. The Labute approximate surface area is 126 Å². The lowest BCUT2D eigenvalue weighted by atomic mass is 10.1. The Morgan fingerprint density at radius 1 is 1.15 bits per heavy atom. The SMILES string of the molecule is O=C(c1ccc(Br)o1)N(CCO)CCc1ccccc1. The molecule has 0 radical (unpaired) electrons. The Morgan fingerprint density at radius 3 is 2.50 bits per heavy atom. The van der Waals surface area contributed by atoms with E-state index in [4.69, 9.17) is 9.52 Å². The molecule has 2 rings (SSSR count). The van der Waals surface area contributed by atoms with E-state index in [9.17, 15) is 4.79 Å². The van der Waals surface area contributed by atoms with Gasteiger partial charge in [0.15, 0.2) is 10.4 Å². The van der Waals surface area contributed by atoms with Gasteiger partial charge in [-0.25, -0.2) is 0 Å². The van der Waals surface area contributed by atoms with Crippen LogP contribution in [0.5, 0.6) is 0 Å². The first-order valence-corrected chi connectivity index (χ1v) is 7.19. The number of carbonyl (C=O) groups is 1. The maximum atomic E-state index is 12.3. The largest absolute Gasteiger partial charge is 0.444 e. The Kier molecular flexibility index (Phi) is 5.38. The zero-order valence-corrected chi connectivity index (χ0v) is 12.5. The molecule has 1 amide bonds. The van der Waals surface area contributed by atoms with Gasteiger partial charge in [-0.2, -0.15) is 0 Å². The number of halogens is 1. The fourth-order valence-electron chi connectivity index (χ4n) is 1.93. The first-order valence-electron chi connectivity index (χ1n) is 6.40. The van der Waals surface area contributed by atoms with Gasteiger partial charge in [0.05, 0.1) is 6.61 Å². The summed E-state index contributed by atoms with van der Waals surface area (Å²) in [5, 5.41) is 9.10. The van der Waals surface area contributed by atoms with Crippen LogP contribution < -0.4 is 0 Å². The Bertz CT molecular complexity index is 553. The minimum absolute atomic E-state index is 0.0671. The van der Waals surface area contributed by atoms with Crippen molar-refractivity contribution in [3.63, 3.8) is 0 Å². The molecule has 106 valence electrons. The van der Waals surface area contributed by atoms with Gasteiger partial charge in [0.2, 0.25) is 0 Å². The van der Waals surface area contributed by atoms with Gasteiger partial charge in [0.1, 0.15) is 0 Å². The number of aliphatic hydroxyl groups excluding tert-OH is 1. The molecule has 2 aromatic rings. The summed E-state index contributed by atoms with van der Waals surface area (Å²) in [7, 11) is 0. The highest BCUT2D eigenvalue weighted by atomic mass is 79.9. The quantitative estimate of drug-likeness (QED) is 0.881. The predicted octanol–water partition coefficient (Wildman–Crippen LogP) is 2.72.